The van der Waals surface area contributed by atoms with Gasteiger partial charge in [0.25, 0.3) is 0 Å². The maximum absolute atomic E-state index is 9.77. The average molecular weight is 233 g/mol. The molecule has 0 saturated carbocycles. The summed E-state index contributed by atoms with van der Waals surface area (Å²) in [7, 11) is 0. The largest absolute Gasteiger partial charge is 0.461 e. The van der Waals surface area contributed by atoms with Crippen LogP contribution in [0.1, 0.15) is 26.5 Å². The number of furan rings is 1. The van der Waals surface area contributed by atoms with Crippen molar-refractivity contribution in [1.82, 2.24) is 5.06 Å². The van der Waals surface area contributed by atoms with Crippen molar-refractivity contribution < 1.29 is 9.62 Å². The van der Waals surface area contributed by atoms with Gasteiger partial charge in [-0.05, 0) is 32.9 Å². The highest BCUT2D eigenvalue weighted by Crippen LogP contribution is 2.16. The van der Waals surface area contributed by atoms with Crippen LogP contribution in [-0.4, -0.2) is 27.9 Å². The number of rotatable bonds is 2. The van der Waals surface area contributed by atoms with Crippen LogP contribution in [-0.2, 0) is 0 Å². The van der Waals surface area contributed by atoms with Gasteiger partial charge < -0.3 is 4.42 Å². The summed E-state index contributed by atoms with van der Waals surface area (Å²) in [6.45, 7) is 5.69. The first-order valence-electron chi connectivity index (χ1n) is 5.33. The van der Waals surface area contributed by atoms with Crippen molar-refractivity contribution in [2.24, 2.45) is 9.98 Å². The Bertz CT molecular complexity index is 478. The predicted octanol–water partition coefficient (Wildman–Crippen LogP) is 2.44. The Labute approximate surface area is 99.7 Å². The molecule has 0 atom stereocenters. The van der Waals surface area contributed by atoms with Crippen LogP contribution in [0.5, 0.6) is 0 Å². The lowest BCUT2D eigenvalue weighted by molar-refractivity contribution is -0.110. The van der Waals surface area contributed by atoms with E-state index in [1.54, 1.807) is 30.8 Å². The van der Waals surface area contributed by atoms with Gasteiger partial charge in [0.2, 0.25) is 0 Å². The van der Waals surface area contributed by atoms with Gasteiger partial charge >= 0.3 is 0 Å². The van der Waals surface area contributed by atoms with E-state index in [9.17, 15) is 5.21 Å². The summed E-state index contributed by atoms with van der Waals surface area (Å²) in [4.78, 5) is 8.36. The highest BCUT2D eigenvalue weighted by molar-refractivity contribution is 6.08. The molecule has 1 aromatic rings. The van der Waals surface area contributed by atoms with Gasteiger partial charge in [0.1, 0.15) is 5.70 Å². The molecule has 5 heteroatoms. The van der Waals surface area contributed by atoms with Gasteiger partial charge in [-0.2, -0.15) is 0 Å². The van der Waals surface area contributed by atoms with Crippen molar-refractivity contribution in [1.29, 1.82) is 0 Å². The quantitative estimate of drug-likeness (QED) is 0.798. The molecule has 1 aromatic heterocycles. The Morgan fingerprint density at radius 1 is 1.41 bits per heavy atom. The highest BCUT2D eigenvalue weighted by atomic mass is 16.5. The average Bonchev–Trinajstić information content (AvgIpc) is 2.83. The van der Waals surface area contributed by atoms with Crippen molar-refractivity contribution in [2.45, 2.75) is 26.3 Å². The molecule has 5 nitrogen and oxygen atoms in total. The molecule has 0 spiro atoms. The van der Waals surface area contributed by atoms with E-state index in [0.29, 0.717) is 17.3 Å². The molecule has 17 heavy (non-hydrogen) atoms. The van der Waals surface area contributed by atoms with Gasteiger partial charge in [-0.3, -0.25) is 10.3 Å². The zero-order chi connectivity index (χ0) is 12.5. The van der Waals surface area contributed by atoms with Gasteiger partial charge in [0.15, 0.2) is 11.6 Å². The third-order valence-electron chi connectivity index (χ3n) is 2.24. The lowest BCUT2D eigenvalue weighted by atomic mass is 10.1. The minimum absolute atomic E-state index is 0.371. The fourth-order valence-corrected chi connectivity index (χ4v) is 1.21. The Kier molecular flexibility index (Phi) is 2.85. The molecule has 0 saturated heterocycles. The normalized spacial score (nSPS) is 17.6. The molecule has 0 bridgehead atoms. The van der Waals surface area contributed by atoms with E-state index in [1.165, 1.54) is 0 Å². The summed E-state index contributed by atoms with van der Waals surface area (Å²) < 4.78 is 5.19. The third kappa shape index (κ3) is 2.62. The third-order valence-corrected chi connectivity index (χ3v) is 2.24. The summed E-state index contributed by atoms with van der Waals surface area (Å²) >= 11 is 0. The lowest BCUT2D eigenvalue weighted by Gasteiger charge is -2.27. The van der Waals surface area contributed by atoms with Gasteiger partial charge in [0.05, 0.1) is 24.2 Å². The molecule has 0 fully saturated rings. The Hall–Kier alpha value is -1.88. The second-order valence-electron chi connectivity index (χ2n) is 4.74. The number of nitrogens with zero attached hydrogens (tertiary/aromatic N) is 3. The minimum Gasteiger partial charge on any atom is -0.461 e. The number of hydrogen-bond acceptors (Lipinski definition) is 5. The molecule has 2 rings (SSSR count). The van der Waals surface area contributed by atoms with E-state index in [-0.39, 0.29) is 5.54 Å². The van der Waals surface area contributed by atoms with Gasteiger partial charge in [-0.1, -0.05) is 0 Å². The van der Waals surface area contributed by atoms with E-state index in [0.717, 1.165) is 5.06 Å². The van der Waals surface area contributed by atoms with Crippen LogP contribution in [0.2, 0.25) is 0 Å². The predicted molar refractivity (Wildman–Crippen MR) is 65.2 cm³/mol. The number of aliphatic imine (C=N–C) groups is 2. The van der Waals surface area contributed by atoms with Gasteiger partial charge in [0, 0.05) is 0 Å². The monoisotopic (exact) mass is 233 g/mol. The molecule has 1 aliphatic heterocycles. The van der Waals surface area contributed by atoms with Crippen molar-refractivity contribution in [3.8, 4) is 0 Å². The van der Waals surface area contributed by atoms with E-state index in [4.69, 9.17) is 4.42 Å². The van der Waals surface area contributed by atoms with Crippen LogP contribution in [0.15, 0.2) is 44.7 Å². The molecular weight excluding hydrogens is 218 g/mol. The first-order chi connectivity index (χ1) is 7.97. The molecule has 0 aromatic carbocycles. The Morgan fingerprint density at radius 2 is 2.18 bits per heavy atom. The summed E-state index contributed by atoms with van der Waals surface area (Å²) in [5.74, 6) is 1.13. The second-order valence-corrected chi connectivity index (χ2v) is 4.74. The van der Waals surface area contributed by atoms with Crippen LogP contribution in [0.4, 0.5) is 0 Å². The molecule has 90 valence electrons. The molecule has 2 heterocycles. The van der Waals surface area contributed by atoms with Crippen molar-refractivity contribution in [2.75, 3.05) is 0 Å². The fraction of sp³-hybridized carbons (Fsp3) is 0.333. The van der Waals surface area contributed by atoms with Gasteiger partial charge in [-0.25, -0.2) is 9.98 Å². The van der Waals surface area contributed by atoms with E-state index < -0.39 is 0 Å². The highest BCUT2D eigenvalue weighted by Gasteiger charge is 2.18. The van der Waals surface area contributed by atoms with Crippen molar-refractivity contribution >= 4 is 12.1 Å². The summed E-state index contributed by atoms with van der Waals surface area (Å²) in [6, 6.07) is 3.57. The topological polar surface area (TPSA) is 61.3 Å². The van der Waals surface area contributed by atoms with Crippen LogP contribution >= 0.6 is 0 Å². The van der Waals surface area contributed by atoms with Crippen LogP contribution in [0.3, 0.4) is 0 Å². The maximum atomic E-state index is 9.77. The molecule has 0 radical (unpaired) electrons. The van der Waals surface area contributed by atoms with Crippen LogP contribution in [0, 0.1) is 0 Å². The zero-order valence-electron chi connectivity index (χ0n) is 10.1. The Balaban J connectivity index is 2.18. The van der Waals surface area contributed by atoms with Crippen LogP contribution < -0.4 is 0 Å². The summed E-state index contributed by atoms with van der Waals surface area (Å²) in [5.41, 5.74) is 0.220. The number of allylic oxidation sites excluding steroid dienone is 1. The molecule has 0 unspecified atom stereocenters. The van der Waals surface area contributed by atoms with Crippen molar-refractivity contribution in [3.05, 3.63) is 36.1 Å². The molecule has 0 aliphatic carbocycles. The maximum Gasteiger partial charge on any atom is 0.196 e. The molecule has 1 aliphatic rings. The number of hydroxylamine groups is 2. The first kappa shape index (κ1) is 11.6. The van der Waals surface area contributed by atoms with Gasteiger partial charge in [-0.15, -0.1) is 0 Å². The van der Waals surface area contributed by atoms with Crippen LogP contribution in [0.25, 0.3) is 0 Å². The molecule has 0 amide bonds. The lowest BCUT2D eigenvalue weighted by Crippen LogP contribution is -2.34. The SMILES string of the molecule is CC(C)(C)N(O)/C=C1\C=NC(c2ccco2)=N1. The smallest absolute Gasteiger partial charge is 0.196 e. The number of hydrogen-bond donors (Lipinski definition) is 1. The van der Waals surface area contributed by atoms with E-state index in [1.807, 2.05) is 20.8 Å². The van der Waals surface area contributed by atoms with E-state index in [2.05, 4.69) is 9.98 Å². The second kappa shape index (κ2) is 4.18. The fourth-order valence-electron chi connectivity index (χ4n) is 1.21. The summed E-state index contributed by atoms with van der Waals surface area (Å²) in [5, 5.41) is 10.9. The standard InChI is InChI=1S/C12H15N3O2/c1-12(2,3)15(16)8-9-7-13-11(14-9)10-5-4-6-17-10/h4-8,16H,1-3H3/b9-8+. The Morgan fingerprint density at radius 3 is 2.76 bits per heavy atom. The first-order valence-corrected chi connectivity index (χ1v) is 5.33. The number of amidine groups is 1. The summed E-state index contributed by atoms with van der Waals surface area (Å²) in [6.07, 6.45) is 4.70. The minimum atomic E-state index is -0.371. The van der Waals surface area contributed by atoms with Crippen molar-refractivity contribution in [3.63, 3.8) is 0 Å². The van der Waals surface area contributed by atoms with E-state index >= 15 is 0 Å². The molecular formula is C12H15N3O2. The zero-order valence-corrected chi connectivity index (χ0v) is 10.1. The molecule has 1 N–H and O–H groups in total.